The van der Waals surface area contributed by atoms with Gasteiger partial charge in [-0.05, 0) is 32.6 Å². The van der Waals surface area contributed by atoms with Crippen molar-refractivity contribution in [3.8, 4) is 0 Å². The Morgan fingerprint density at radius 2 is 2.25 bits per heavy atom. The molecule has 16 heavy (non-hydrogen) atoms. The summed E-state index contributed by atoms with van der Waals surface area (Å²) in [4.78, 5) is 17.3. The minimum absolute atomic E-state index is 0.234. The third kappa shape index (κ3) is 1.52. The van der Waals surface area contributed by atoms with Gasteiger partial charge in [-0.1, -0.05) is 0 Å². The highest BCUT2D eigenvalue weighted by atomic mass is 32.1. The van der Waals surface area contributed by atoms with Gasteiger partial charge >= 0.3 is 0 Å². The van der Waals surface area contributed by atoms with Crippen molar-refractivity contribution < 1.29 is 9.53 Å². The van der Waals surface area contributed by atoms with Crippen molar-refractivity contribution in [2.24, 2.45) is 0 Å². The van der Waals surface area contributed by atoms with E-state index < -0.39 is 0 Å². The van der Waals surface area contributed by atoms with E-state index in [0.29, 0.717) is 6.42 Å². The summed E-state index contributed by atoms with van der Waals surface area (Å²) >= 11 is 1.55. The number of fused-ring (bicyclic) bond motifs is 1. The van der Waals surface area contributed by atoms with Crippen molar-refractivity contribution >= 4 is 17.1 Å². The fourth-order valence-electron chi connectivity index (χ4n) is 2.44. The molecule has 0 spiro atoms. The molecule has 1 aliphatic carbocycles. The Labute approximate surface area is 98.8 Å². The number of thiazole rings is 1. The maximum absolute atomic E-state index is 11.7. The first-order chi connectivity index (χ1) is 7.69. The normalized spacial score (nSPS) is 29.4. The van der Waals surface area contributed by atoms with Gasteiger partial charge in [-0.3, -0.25) is 4.79 Å². The second-order valence-electron chi connectivity index (χ2n) is 4.75. The van der Waals surface area contributed by atoms with Crippen LogP contribution in [-0.4, -0.2) is 17.4 Å². The van der Waals surface area contributed by atoms with Crippen LogP contribution in [0.1, 0.15) is 53.0 Å². The third-order valence-corrected chi connectivity index (χ3v) is 4.82. The molecule has 0 bridgehead atoms. The highest BCUT2D eigenvalue weighted by Crippen LogP contribution is 2.40. The van der Waals surface area contributed by atoms with Gasteiger partial charge < -0.3 is 4.74 Å². The van der Waals surface area contributed by atoms with E-state index in [2.05, 4.69) is 11.9 Å². The molecule has 0 radical (unpaired) electrons. The lowest BCUT2D eigenvalue weighted by Gasteiger charge is -2.19. The first-order valence-electron chi connectivity index (χ1n) is 5.86. The van der Waals surface area contributed by atoms with Crippen LogP contribution in [0.3, 0.4) is 0 Å². The topological polar surface area (TPSA) is 39.2 Å². The fraction of sp³-hybridized carbons (Fsp3) is 0.667. The van der Waals surface area contributed by atoms with E-state index in [1.165, 1.54) is 0 Å². The van der Waals surface area contributed by atoms with Gasteiger partial charge in [0.2, 0.25) is 0 Å². The lowest BCUT2D eigenvalue weighted by molar-refractivity contribution is 0.0165. The van der Waals surface area contributed by atoms with Crippen LogP contribution in [0, 0.1) is 0 Å². The van der Waals surface area contributed by atoms with E-state index >= 15 is 0 Å². The van der Waals surface area contributed by atoms with Gasteiger partial charge in [0.25, 0.3) is 0 Å². The lowest BCUT2D eigenvalue weighted by atomic mass is 10.0. The van der Waals surface area contributed by atoms with Crippen LogP contribution in [0.2, 0.25) is 0 Å². The molecular weight excluding hydrogens is 222 g/mol. The Hall–Kier alpha value is -0.740. The highest BCUT2D eigenvalue weighted by Gasteiger charge is 2.36. The summed E-state index contributed by atoms with van der Waals surface area (Å²) in [6.07, 6.45) is 4.70. The van der Waals surface area contributed by atoms with Crippen molar-refractivity contribution in [3.63, 3.8) is 0 Å². The number of carbonyl (C=O) groups is 1. The summed E-state index contributed by atoms with van der Waals surface area (Å²) in [5, 5.41) is 1.00. The van der Waals surface area contributed by atoms with Gasteiger partial charge in [0.15, 0.2) is 5.78 Å². The van der Waals surface area contributed by atoms with Crippen LogP contribution < -0.4 is 0 Å². The average molecular weight is 237 g/mol. The number of Topliss-reactive ketones (excluding diaryl/α,β-unsaturated/α-hetero) is 1. The number of ketones is 1. The quantitative estimate of drug-likeness (QED) is 0.754. The van der Waals surface area contributed by atoms with E-state index in [4.69, 9.17) is 4.74 Å². The maximum atomic E-state index is 11.7. The average Bonchev–Trinajstić information content (AvgIpc) is 2.85. The van der Waals surface area contributed by atoms with Gasteiger partial charge in [0.1, 0.15) is 10.6 Å². The summed E-state index contributed by atoms with van der Waals surface area (Å²) in [7, 11) is 0. The Morgan fingerprint density at radius 1 is 1.38 bits per heavy atom. The Bertz CT molecular complexity index is 432. The second-order valence-corrected chi connectivity index (χ2v) is 5.75. The number of nitrogens with zero attached hydrogens (tertiary/aromatic N) is 1. The minimum atomic E-state index is -0.234. The predicted molar refractivity (Wildman–Crippen MR) is 61.9 cm³/mol. The van der Waals surface area contributed by atoms with Gasteiger partial charge in [0, 0.05) is 13.0 Å². The van der Waals surface area contributed by atoms with Crippen LogP contribution in [0.5, 0.6) is 0 Å². The predicted octanol–water partition coefficient (Wildman–Crippen LogP) is 2.69. The van der Waals surface area contributed by atoms with Gasteiger partial charge in [-0.15, -0.1) is 11.3 Å². The van der Waals surface area contributed by atoms with Gasteiger partial charge in [-0.2, -0.15) is 0 Å². The summed E-state index contributed by atoms with van der Waals surface area (Å²) in [5.41, 5.74) is 0.774. The molecule has 3 rings (SSSR count). The summed E-state index contributed by atoms with van der Waals surface area (Å²) in [6.45, 7) is 2.91. The van der Waals surface area contributed by atoms with E-state index in [0.717, 1.165) is 47.9 Å². The maximum Gasteiger partial charge on any atom is 0.174 e. The largest absolute Gasteiger partial charge is 0.368 e. The second kappa shape index (κ2) is 3.64. The third-order valence-electron chi connectivity index (χ3n) is 3.44. The smallest absolute Gasteiger partial charge is 0.174 e. The molecule has 0 amide bonds. The van der Waals surface area contributed by atoms with E-state index in [-0.39, 0.29) is 11.4 Å². The number of aromatic nitrogens is 1. The Morgan fingerprint density at radius 3 is 2.94 bits per heavy atom. The van der Waals surface area contributed by atoms with Crippen LogP contribution in [0.4, 0.5) is 0 Å². The van der Waals surface area contributed by atoms with E-state index in [9.17, 15) is 4.79 Å². The molecule has 1 aliphatic heterocycles. The van der Waals surface area contributed by atoms with Crippen molar-refractivity contribution in [2.75, 3.05) is 6.61 Å². The molecule has 1 unspecified atom stereocenters. The molecule has 2 aliphatic rings. The number of ether oxygens (including phenoxy) is 1. The molecule has 0 saturated carbocycles. The monoisotopic (exact) mass is 237 g/mol. The number of rotatable bonds is 1. The molecule has 86 valence electrons. The highest BCUT2D eigenvalue weighted by molar-refractivity contribution is 7.14. The van der Waals surface area contributed by atoms with Crippen LogP contribution >= 0.6 is 11.3 Å². The molecule has 1 saturated heterocycles. The molecule has 2 heterocycles. The summed E-state index contributed by atoms with van der Waals surface area (Å²) in [5.74, 6) is 0.270. The fourth-order valence-corrected chi connectivity index (χ4v) is 3.65. The van der Waals surface area contributed by atoms with E-state index in [1.54, 1.807) is 11.3 Å². The van der Waals surface area contributed by atoms with E-state index in [1.807, 2.05) is 0 Å². The molecule has 3 nitrogen and oxygen atoms in total. The molecule has 0 aromatic carbocycles. The lowest BCUT2D eigenvalue weighted by Crippen LogP contribution is -2.19. The molecule has 1 aromatic rings. The zero-order chi connectivity index (χ0) is 11.2. The first-order valence-corrected chi connectivity index (χ1v) is 6.68. The van der Waals surface area contributed by atoms with Crippen LogP contribution in [0.15, 0.2) is 0 Å². The Balaban J connectivity index is 2.00. The molecule has 4 heteroatoms. The number of carbonyl (C=O) groups excluding carboxylic acids is 1. The molecule has 1 fully saturated rings. The molecule has 0 N–H and O–H groups in total. The van der Waals surface area contributed by atoms with Crippen molar-refractivity contribution in [2.45, 2.75) is 44.6 Å². The molecular formula is C12H15NO2S. The molecule has 1 atom stereocenters. The zero-order valence-corrected chi connectivity index (χ0v) is 10.2. The zero-order valence-electron chi connectivity index (χ0n) is 9.41. The summed E-state index contributed by atoms with van der Waals surface area (Å²) < 4.78 is 5.78. The number of hydrogen-bond acceptors (Lipinski definition) is 4. The Kier molecular flexibility index (Phi) is 2.37. The van der Waals surface area contributed by atoms with Gasteiger partial charge in [-0.25, -0.2) is 4.98 Å². The minimum Gasteiger partial charge on any atom is -0.368 e. The standard InChI is InChI=1S/C12H15NO2S/c1-12(6-3-7-15-12)11-13-8-4-2-5-9(14)10(8)16-11/h2-7H2,1H3. The van der Waals surface area contributed by atoms with Crippen LogP contribution in [0.25, 0.3) is 0 Å². The molecule has 1 aromatic heterocycles. The number of aryl methyl sites for hydroxylation is 1. The summed E-state index contributed by atoms with van der Waals surface area (Å²) in [6, 6.07) is 0. The van der Waals surface area contributed by atoms with Crippen LogP contribution in [-0.2, 0) is 16.8 Å². The van der Waals surface area contributed by atoms with Crippen molar-refractivity contribution in [1.82, 2.24) is 4.98 Å². The van der Waals surface area contributed by atoms with Gasteiger partial charge in [0.05, 0.1) is 10.6 Å². The van der Waals surface area contributed by atoms with Crippen molar-refractivity contribution in [3.05, 3.63) is 15.6 Å². The SMILES string of the molecule is CC1(c2nc3c(s2)C(=O)CCC3)CCCO1. The van der Waals surface area contributed by atoms with Crippen molar-refractivity contribution in [1.29, 1.82) is 0 Å². The number of hydrogen-bond donors (Lipinski definition) is 0. The first kappa shape index (κ1) is 10.4.